The summed E-state index contributed by atoms with van der Waals surface area (Å²) in [5.41, 5.74) is 2.00. The highest BCUT2D eigenvalue weighted by Crippen LogP contribution is 2.41. The summed E-state index contributed by atoms with van der Waals surface area (Å²) in [4.78, 5) is 0. The van der Waals surface area contributed by atoms with Crippen LogP contribution in [-0.2, 0) is 0 Å². The molecule has 2 unspecified atom stereocenters. The number of rotatable bonds is 2. The van der Waals surface area contributed by atoms with Gasteiger partial charge in [-0.2, -0.15) is 0 Å². The number of ether oxygens (including phenoxy) is 1. The van der Waals surface area contributed by atoms with Crippen LogP contribution >= 0.6 is 11.6 Å². The van der Waals surface area contributed by atoms with Gasteiger partial charge in [0.25, 0.3) is 0 Å². The minimum atomic E-state index is -0.287. The molecule has 104 valence electrons. The van der Waals surface area contributed by atoms with Crippen LogP contribution in [0.15, 0.2) is 42.5 Å². The summed E-state index contributed by atoms with van der Waals surface area (Å²) in [5.74, 6) is 0.311. The predicted octanol–water partition coefficient (Wildman–Crippen LogP) is 4.26. The Morgan fingerprint density at radius 1 is 1.25 bits per heavy atom. The van der Waals surface area contributed by atoms with Gasteiger partial charge in [-0.05, 0) is 30.8 Å². The van der Waals surface area contributed by atoms with Crippen LogP contribution in [0.2, 0.25) is 5.02 Å². The van der Waals surface area contributed by atoms with Crippen molar-refractivity contribution >= 4 is 11.6 Å². The fourth-order valence-electron chi connectivity index (χ4n) is 2.62. The summed E-state index contributed by atoms with van der Waals surface area (Å²) in [6, 6.07) is 12.4. The van der Waals surface area contributed by atoms with E-state index in [1.54, 1.807) is 6.07 Å². The molecule has 0 aromatic heterocycles. The molecule has 2 aromatic carbocycles. The Balaban J connectivity index is 1.97. The molecule has 1 N–H and O–H groups in total. The van der Waals surface area contributed by atoms with E-state index in [-0.39, 0.29) is 18.0 Å². The van der Waals surface area contributed by atoms with Crippen LogP contribution in [0.25, 0.3) is 0 Å². The molecule has 0 amide bonds. The number of nitrogens with one attached hydrogen (secondary N) is 1. The van der Waals surface area contributed by atoms with Crippen LogP contribution < -0.4 is 10.1 Å². The van der Waals surface area contributed by atoms with Gasteiger partial charge in [-0.1, -0.05) is 29.8 Å². The minimum absolute atomic E-state index is 0.125. The summed E-state index contributed by atoms with van der Waals surface area (Å²) in [5, 5.41) is 3.94. The molecular formula is C16H15ClFNO. The van der Waals surface area contributed by atoms with Gasteiger partial charge < -0.3 is 10.1 Å². The van der Waals surface area contributed by atoms with Gasteiger partial charge in [-0.3, -0.25) is 0 Å². The van der Waals surface area contributed by atoms with Crippen molar-refractivity contribution in [1.82, 2.24) is 5.32 Å². The van der Waals surface area contributed by atoms with Gasteiger partial charge in [-0.25, -0.2) is 4.39 Å². The van der Waals surface area contributed by atoms with Crippen LogP contribution in [0.4, 0.5) is 4.39 Å². The molecule has 0 spiro atoms. The molecule has 2 atom stereocenters. The van der Waals surface area contributed by atoms with Crippen LogP contribution in [0.1, 0.15) is 29.7 Å². The maximum Gasteiger partial charge on any atom is 0.127 e. The number of hydrogen-bond acceptors (Lipinski definition) is 2. The molecule has 20 heavy (non-hydrogen) atoms. The molecule has 0 saturated heterocycles. The van der Waals surface area contributed by atoms with Crippen molar-refractivity contribution in [3.63, 3.8) is 0 Å². The number of hydrogen-bond donors (Lipinski definition) is 1. The van der Waals surface area contributed by atoms with E-state index in [4.69, 9.17) is 16.3 Å². The van der Waals surface area contributed by atoms with Crippen molar-refractivity contribution < 1.29 is 9.13 Å². The second-order valence-corrected chi connectivity index (χ2v) is 5.36. The first-order chi connectivity index (χ1) is 9.67. The first-order valence-corrected chi connectivity index (χ1v) is 6.94. The standard InChI is InChI=1S/C16H15ClFNO/c1-19-14-9-15(10-3-2-4-11(17)7-10)20-16-8-12(18)5-6-13(14)16/h2-8,14-15,19H,9H2,1H3. The first kappa shape index (κ1) is 13.4. The smallest absolute Gasteiger partial charge is 0.127 e. The van der Waals surface area contributed by atoms with Gasteiger partial charge in [-0.15, -0.1) is 0 Å². The SMILES string of the molecule is CNC1CC(c2cccc(Cl)c2)Oc2cc(F)ccc21. The monoisotopic (exact) mass is 291 g/mol. The number of halogens is 2. The summed E-state index contributed by atoms with van der Waals surface area (Å²) < 4.78 is 19.3. The van der Waals surface area contributed by atoms with Crippen LogP contribution in [0, 0.1) is 5.82 Å². The van der Waals surface area contributed by atoms with Crippen LogP contribution in [0.3, 0.4) is 0 Å². The average molecular weight is 292 g/mol. The molecule has 1 aliphatic heterocycles. The molecule has 1 heterocycles. The fourth-order valence-corrected chi connectivity index (χ4v) is 2.82. The summed E-state index contributed by atoms with van der Waals surface area (Å²) in [7, 11) is 1.90. The van der Waals surface area contributed by atoms with Gasteiger partial charge in [0.05, 0.1) is 0 Å². The third kappa shape index (κ3) is 2.51. The Hall–Kier alpha value is -1.58. The zero-order valence-electron chi connectivity index (χ0n) is 11.1. The Morgan fingerprint density at radius 3 is 2.85 bits per heavy atom. The van der Waals surface area contributed by atoms with E-state index in [0.29, 0.717) is 10.8 Å². The third-order valence-corrected chi connectivity index (χ3v) is 3.87. The summed E-state index contributed by atoms with van der Waals surface area (Å²) in [6.45, 7) is 0. The fraction of sp³-hybridized carbons (Fsp3) is 0.250. The maximum atomic E-state index is 13.4. The van der Waals surface area contributed by atoms with E-state index in [0.717, 1.165) is 17.5 Å². The van der Waals surface area contributed by atoms with Crippen LogP contribution in [-0.4, -0.2) is 7.05 Å². The maximum absolute atomic E-state index is 13.4. The summed E-state index contributed by atoms with van der Waals surface area (Å²) >= 11 is 6.03. The van der Waals surface area contributed by atoms with Gasteiger partial charge in [0.2, 0.25) is 0 Å². The molecule has 0 aliphatic carbocycles. The van der Waals surface area contributed by atoms with Crippen molar-refractivity contribution in [3.05, 3.63) is 64.4 Å². The first-order valence-electron chi connectivity index (χ1n) is 6.56. The largest absolute Gasteiger partial charge is 0.485 e. The number of fused-ring (bicyclic) bond motifs is 1. The molecule has 1 aliphatic rings. The van der Waals surface area contributed by atoms with E-state index >= 15 is 0 Å². The second-order valence-electron chi connectivity index (χ2n) is 4.92. The molecule has 2 nitrogen and oxygen atoms in total. The normalized spacial score (nSPS) is 21.1. The molecule has 0 radical (unpaired) electrons. The van der Waals surface area contributed by atoms with Crippen molar-refractivity contribution in [2.24, 2.45) is 0 Å². The lowest BCUT2D eigenvalue weighted by Gasteiger charge is -2.32. The van der Waals surface area contributed by atoms with Crippen LogP contribution in [0.5, 0.6) is 5.75 Å². The van der Waals surface area contributed by atoms with E-state index < -0.39 is 0 Å². The third-order valence-electron chi connectivity index (χ3n) is 3.64. The summed E-state index contributed by atoms with van der Waals surface area (Å²) in [6.07, 6.45) is 0.663. The zero-order valence-corrected chi connectivity index (χ0v) is 11.8. The van der Waals surface area contributed by atoms with E-state index in [1.807, 2.05) is 31.3 Å². The van der Waals surface area contributed by atoms with E-state index in [2.05, 4.69) is 5.32 Å². The lowest BCUT2D eigenvalue weighted by molar-refractivity contribution is 0.153. The average Bonchev–Trinajstić information content (AvgIpc) is 2.45. The van der Waals surface area contributed by atoms with Crippen molar-refractivity contribution in [3.8, 4) is 5.75 Å². The van der Waals surface area contributed by atoms with Gasteiger partial charge in [0, 0.05) is 29.1 Å². The molecule has 2 aromatic rings. The van der Waals surface area contributed by atoms with E-state index in [9.17, 15) is 4.39 Å². The molecule has 0 fully saturated rings. The zero-order chi connectivity index (χ0) is 14.1. The van der Waals surface area contributed by atoms with Gasteiger partial charge >= 0.3 is 0 Å². The predicted molar refractivity (Wildman–Crippen MR) is 77.6 cm³/mol. The van der Waals surface area contributed by atoms with Crippen molar-refractivity contribution in [2.45, 2.75) is 18.6 Å². The lowest BCUT2D eigenvalue weighted by Crippen LogP contribution is -2.26. The number of benzene rings is 2. The molecule has 3 rings (SSSR count). The molecule has 0 saturated carbocycles. The van der Waals surface area contributed by atoms with Gasteiger partial charge in [0.1, 0.15) is 17.7 Å². The Labute approximate surface area is 122 Å². The Kier molecular flexibility index (Phi) is 3.64. The highest BCUT2D eigenvalue weighted by Gasteiger charge is 2.28. The molecule has 0 bridgehead atoms. The topological polar surface area (TPSA) is 21.3 Å². The van der Waals surface area contributed by atoms with E-state index in [1.165, 1.54) is 12.1 Å². The molecule has 4 heteroatoms. The second kappa shape index (κ2) is 5.43. The highest BCUT2D eigenvalue weighted by atomic mass is 35.5. The quantitative estimate of drug-likeness (QED) is 0.892. The lowest BCUT2D eigenvalue weighted by atomic mass is 9.93. The van der Waals surface area contributed by atoms with Crippen molar-refractivity contribution in [2.75, 3.05) is 7.05 Å². The van der Waals surface area contributed by atoms with Crippen molar-refractivity contribution in [1.29, 1.82) is 0 Å². The van der Waals surface area contributed by atoms with Gasteiger partial charge in [0.15, 0.2) is 0 Å². The Bertz CT molecular complexity index is 632. The highest BCUT2D eigenvalue weighted by molar-refractivity contribution is 6.30. The molecular weight excluding hydrogens is 277 g/mol. The minimum Gasteiger partial charge on any atom is -0.485 e. The Morgan fingerprint density at radius 2 is 2.10 bits per heavy atom.